The summed E-state index contributed by atoms with van der Waals surface area (Å²) in [5.74, 6) is -9.07. The van der Waals surface area contributed by atoms with Gasteiger partial charge in [-0.2, -0.15) is 0 Å². The van der Waals surface area contributed by atoms with Crippen molar-refractivity contribution in [2.24, 2.45) is 5.41 Å². The molecule has 18 nitrogen and oxygen atoms in total. The van der Waals surface area contributed by atoms with Crippen LogP contribution in [0.5, 0.6) is 0 Å². The van der Waals surface area contributed by atoms with Gasteiger partial charge >= 0.3 is 0 Å². The highest BCUT2D eigenvalue weighted by Gasteiger charge is 2.57. The van der Waals surface area contributed by atoms with E-state index in [1.807, 2.05) is 0 Å². The van der Waals surface area contributed by atoms with Gasteiger partial charge in [0.15, 0.2) is 38.8 Å². The van der Waals surface area contributed by atoms with E-state index in [1.54, 1.807) is 24.3 Å². The van der Waals surface area contributed by atoms with Crippen LogP contribution in [0.15, 0.2) is 24.3 Å². The van der Waals surface area contributed by atoms with Crippen molar-refractivity contribution in [2.75, 3.05) is 44.4 Å². The van der Waals surface area contributed by atoms with Crippen LogP contribution in [0.3, 0.4) is 0 Å². The third-order valence-electron chi connectivity index (χ3n) is 9.21. The molecule has 2 atom stereocenters. The summed E-state index contributed by atoms with van der Waals surface area (Å²) in [5, 5.41) is 8.95. The normalized spacial score (nSPS) is 16.2. The molecule has 4 N–H and O–H groups in total. The van der Waals surface area contributed by atoms with E-state index in [1.165, 1.54) is 14.0 Å². The third kappa shape index (κ3) is 12.1. The third-order valence-corrected chi connectivity index (χ3v) is 13.5. The number of rotatable bonds is 25. The molecule has 314 valence electrons. The van der Waals surface area contributed by atoms with Crippen molar-refractivity contribution in [1.29, 1.82) is 0 Å². The Labute approximate surface area is 346 Å². The van der Waals surface area contributed by atoms with Crippen LogP contribution in [0.4, 0.5) is 5.69 Å². The number of carbonyl (C=O) groups is 12. The van der Waals surface area contributed by atoms with Gasteiger partial charge in [0.25, 0.3) is 0 Å². The Kier molecular flexibility index (Phi) is 17.5. The summed E-state index contributed by atoms with van der Waals surface area (Å²) in [5.41, 5.74) is -1.57. The molecular formula is C37H45N5O13S3. The molecular weight excluding hydrogens is 819 g/mol. The van der Waals surface area contributed by atoms with Crippen LogP contribution in [-0.4, -0.2) is 130 Å². The maximum atomic E-state index is 13.9. The average molecular weight is 864 g/mol. The van der Waals surface area contributed by atoms with E-state index in [2.05, 4.69) is 21.3 Å². The van der Waals surface area contributed by atoms with Gasteiger partial charge in [0, 0.05) is 57.3 Å². The summed E-state index contributed by atoms with van der Waals surface area (Å²) in [4.78, 5) is 152. The van der Waals surface area contributed by atoms with Gasteiger partial charge < -0.3 is 26.0 Å². The van der Waals surface area contributed by atoms with E-state index < -0.39 is 92.3 Å². The van der Waals surface area contributed by atoms with Gasteiger partial charge in [-0.3, -0.25) is 62.4 Å². The number of nitrogens with zero attached hydrogens (tertiary/aromatic N) is 1. The fraction of sp³-hybridized carbons (Fsp3) is 0.514. The number of nitrogens with one attached hydrogen (secondary N) is 4. The molecule has 2 heterocycles. The molecule has 3 rings (SSSR count). The quantitative estimate of drug-likeness (QED) is 0.0441. The number of Topliss-reactive ketones (excluding diaryl/α,β-unsaturated/α-hetero) is 6. The SMILES string of the molecule is CNC(=O)CCNC(=O)CCc1ccc(NC(=O)COCC(=O)N[C@@H](CSC2CC(=O)N(CCC(=O)C3(C(C)=O)SS3)C2=O)C(=O)C(C(C)=O)(C(C)=O)C(C)=O)cc1. The molecule has 0 aliphatic carbocycles. The van der Waals surface area contributed by atoms with Crippen molar-refractivity contribution >= 4 is 109 Å². The Morgan fingerprint density at radius 3 is 2.00 bits per heavy atom. The zero-order chi connectivity index (χ0) is 43.4. The number of hydrogen-bond donors (Lipinski definition) is 4. The lowest BCUT2D eigenvalue weighted by atomic mass is 9.71. The predicted molar refractivity (Wildman–Crippen MR) is 213 cm³/mol. The van der Waals surface area contributed by atoms with Gasteiger partial charge in [0.2, 0.25) is 40.9 Å². The lowest BCUT2D eigenvalue weighted by Gasteiger charge is -2.29. The molecule has 6 amide bonds. The zero-order valence-electron chi connectivity index (χ0n) is 32.5. The van der Waals surface area contributed by atoms with E-state index in [4.69, 9.17) is 4.74 Å². The first-order valence-electron chi connectivity index (χ1n) is 18.0. The van der Waals surface area contributed by atoms with Crippen molar-refractivity contribution in [2.45, 2.75) is 75.2 Å². The van der Waals surface area contributed by atoms with Crippen molar-refractivity contribution in [3.05, 3.63) is 29.8 Å². The first-order chi connectivity index (χ1) is 27.3. The van der Waals surface area contributed by atoms with Gasteiger partial charge in [0.05, 0.1) is 11.3 Å². The standard InChI is InChI=1S/C37H45N5O13S3/c1-20(43)36(21(2)44,22(3)45)34(53)26(19-56-27-16-33(52)42(35(27)54)15-13-28(47)37(23(4)46)57-58-37)41-32(51)18-55-17-31(50)40-25-9-6-24(7-10-25)8-11-30(49)39-14-12-29(48)38-5/h6-7,9-10,26-27H,8,11-19H2,1-5H3,(H,38,48)(H,39,49)(H,40,50)(H,41,51)/t26-,27?/m0/s1. The average Bonchev–Trinajstić information content (AvgIpc) is 3.93. The second-order valence-corrected chi connectivity index (χ2v) is 17.4. The number of amides is 6. The van der Waals surface area contributed by atoms with Crippen LogP contribution >= 0.6 is 33.3 Å². The van der Waals surface area contributed by atoms with Gasteiger partial charge in [-0.15, -0.1) is 11.8 Å². The Morgan fingerprint density at radius 1 is 0.845 bits per heavy atom. The van der Waals surface area contributed by atoms with E-state index >= 15 is 0 Å². The molecule has 58 heavy (non-hydrogen) atoms. The van der Waals surface area contributed by atoms with Crippen LogP contribution in [-0.2, 0) is 68.7 Å². The summed E-state index contributed by atoms with van der Waals surface area (Å²) in [6.07, 6.45) is 0.178. The van der Waals surface area contributed by atoms with E-state index in [-0.39, 0.29) is 56.4 Å². The summed E-state index contributed by atoms with van der Waals surface area (Å²) < 4.78 is 3.99. The number of likely N-dealkylation sites (tertiary alicyclic amines) is 1. The lowest BCUT2D eigenvalue weighted by Crippen LogP contribution is -2.58. The van der Waals surface area contributed by atoms with Crippen molar-refractivity contribution in [3.8, 4) is 0 Å². The monoisotopic (exact) mass is 863 g/mol. The second-order valence-electron chi connectivity index (χ2n) is 13.3. The van der Waals surface area contributed by atoms with Crippen molar-refractivity contribution in [1.82, 2.24) is 20.9 Å². The Hall–Kier alpha value is -4.73. The lowest BCUT2D eigenvalue weighted by molar-refractivity contribution is -0.155. The number of benzene rings is 1. The molecule has 0 bridgehead atoms. The minimum absolute atomic E-state index is 0.166. The van der Waals surface area contributed by atoms with Gasteiger partial charge in [-0.25, -0.2) is 0 Å². The van der Waals surface area contributed by atoms with Crippen LogP contribution < -0.4 is 21.3 Å². The summed E-state index contributed by atoms with van der Waals surface area (Å²) in [6.45, 7) is 2.48. The van der Waals surface area contributed by atoms with Crippen molar-refractivity contribution < 1.29 is 62.3 Å². The summed E-state index contributed by atoms with van der Waals surface area (Å²) >= 11 is 0.759. The molecule has 0 aromatic heterocycles. The zero-order valence-corrected chi connectivity index (χ0v) is 35.0. The number of carbonyl (C=O) groups excluding carboxylic acids is 12. The Bertz CT molecular complexity index is 1830. The number of thioether (sulfide) groups is 1. The Morgan fingerprint density at radius 2 is 1.45 bits per heavy atom. The molecule has 0 spiro atoms. The number of ketones is 6. The molecule has 1 unspecified atom stereocenters. The second kappa shape index (κ2) is 21.3. The van der Waals surface area contributed by atoms with E-state index in [0.29, 0.717) is 12.1 Å². The summed E-state index contributed by atoms with van der Waals surface area (Å²) in [6, 6.07) is 4.88. The van der Waals surface area contributed by atoms with Gasteiger partial charge in [-0.05, 0) is 51.8 Å². The Balaban J connectivity index is 1.58. The highest BCUT2D eigenvalue weighted by atomic mass is 33.2. The molecule has 21 heteroatoms. The largest absolute Gasteiger partial charge is 0.362 e. The molecule has 2 saturated heterocycles. The number of ether oxygens (including phenoxy) is 1. The highest BCUT2D eigenvalue weighted by Crippen LogP contribution is 2.66. The van der Waals surface area contributed by atoms with Gasteiger partial charge in [-0.1, -0.05) is 33.7 Å². The molecule has 2 aliphatic rings. The summed E-state index contributed by atoms with van der Waals surface area (Å²) in [7, 11) is 3.70. The maximum absolute atomic E-state index is 13.9. The van der Waals surface area contributed by atoms with Crippen LogP contribution in [0.2, 0.25) is 0 Å². The fourth-order valence-corrected chi connectivity index (χ4v) is 9.39. The van der Waals surface area contributed by atoms with E-state index in [0.717, 1.165) is 64.6 Å². The first kappa shape index (κ1) is 47.6. The molecule has 0 radical (unpaired) electrons. The fourth-order valence-electron chi connectivity index (χ4n) is 5.98. The van der Waals surface area contributed by atoms with Gasteiger partial charge in [0.1, 0.15) is 13.2 Å². The van der Waals surface area contributed by atoms with Crippen LogP contribution in [0, 0.1) is 5.41 Å². The number of aryl methyl sites for hydroxylation is 1. The number of imide groups is 1. The highest BCUT2D eigenvalue weighted by molar-refractivity contribution is 8.94. The first-order valence-corrected chi connectivity index (χ1v) is 21.2. The number of anilines is 1. The predicted octanol–water partition coefficient (Wildman–Crippen LogP) is 0.134. The van der Waals surface area contributed by atoms with E-state index in [9.17, 15) is 57.5 Å². The van der Waals surface area contributed by atoms with Crippen LogP contribution in [0.25, 0.3) is 0 Å². The molecule has 1 aromatic carbocycles. The van der Waals surface area contributed by atoms with Crippen LogP contribution in [0.1, 0.15) is 58.9 Å². The topological polar surface area (TPSA) is 265 Å². The molecule has 0 saturated carbocycles. The number of hydrogen-bond acceptors (Lipinski definition) is 16. The minimum Gasteiger partial charge on any atom is -0.362 e. The molecule has 2 fully saturated rings. The maximum Gasteiger partial charge on any atom is 0.250 e. The molecule has 1 aromatic rings. The van der Waals surface area contributed by atoms with Crippen molar-refractivity contribution in [3.63, 3.8) is 0 Å². The minimum atomic E-state index is -2.76. The smallest absolute Gasteiger partial charge is 0.250 e. The molecule has 2 aliphatic heterocycles.